The number of carbonyl (C=O) groups excluding carboxylic acids is 1. The number of nitrogens with one attached hydrogen (secondary N) is 2. The Labute approximate surface area is 159 Å². The number of aryl methyl sites for hydroxylation is 1. The van der Waals surface area contributed by atoms with Crippen molar-refractivity contribution in [3.05, 3.63) is 89.2 Å². The monoisotopic (exact) mass is 383 g/mol. The molecule has 4 nitrogen and oxygen atoms in total. The first-order valence-electron chi connectivity index (χ1n) is 8.35. The van der Waals surface area contributed by atoms with Gasteiger partial charge in [-0.3, -0.25) is 15.2 Å². The molecule has 0 bridgehead atoms. The number of halogens is 3. The predicted octanol–water partition coefficient (Wildman–Crippen LogP) is 4.83. The van der Waals surface area contributed by atoms with E-state index in [1.54, 1.807) is 43.3 Å². The molecule has 7 heteroatoms. The molecule has 0 radical (unpaired) electrons. The van der Waals surface area contributed by atoms with Crippen LogP contribution in [0.1, 0.15) is 27.0 Å². The maximum atomic E-state index is 13.6. The Morgan fingerprint density at radius 3 is 2.43 bits per heavy atom. The van der Waals surface area contributed by atoms with Gasteiger partial charge >= 0.3 is 6.18 Å². The molecular formula is C21H16F3N3O. The van der Waals surface area contributed by atoms with Crippen molar-refractivity contribution in [2.45, 2.75) is 13.1 Å². The molecule has 0 saturated carbocycles. The van der Waals surface area contributed by atoms with E-state index in [-0.39, 0.29) is 17.0 Å². The highest BCUT2D eigenvalue weighted by Crippen LogP contribution is 2.37. The molecule has 28 heavy (non-hydrogen) atoms. The zero-order chi connectivity index (χ0) is 20.3. The molecule has 0 fully saturated rings. The Bertz CT molecular complexity index is 1030. The van der Waals surface area contributed by atoms with E-state index in [0.717, 1.165) is 6.07 Å². The number of hydrogen-bond acceptors (Lipinski definition) is 3. The van der Waals surface area contributed by atoms with E-state index < -0.39 is 17.6 Å². The van der Waals surface area contributed by atoms with Gasteiger partial charge in [0.15, 0.2) is 0 Å². The van der Waals surface area contributed by atoms with Crippen LogP contribution in [0.3, 0.4) is 0 Å². The van der Waals surface area contributed by atoms with Gasteiger partial charge in [-0.15, -0.1) is 0 Å². The minimum atomic E-state index is -4.63. The van der Waals surface area contributed by atoms with Gasteiger partial charge < -0.3 is 5.32 Å². The Morgan fingerprint density at radius 2 is 1.79 bits per heavy atom. The quantitative estimate of drug-likeness (QED) is 0.502. The summed E-state index contributed by atoms with van der Waals surface area (Å²) in [7, 11) is 0. The van der Waals surface area contributed by atoms with Crippen molar-refractivity contribution in [2.75, 3.05) is 0 Å². The second-order valence-electron chi connectivity index (χ2n) is 6.14. The average Bonchev–Trinajstić information content (AvgIpc) is 2.67. The fraction of sp³-hybridized carbons (Fsp3) is 0.0952. The molecule has 0 aliphatic carbocycles. The summed E-state index contributed by atoms with van der Waals surface area (Å²) >= 11 is 0. The van der Waals surface area contributed by atoms with Gasteiger partial charge in [-0.1, -0.05) is 36.4 Å². The average molecular weight is 383 g/mol. The van der Waals surface area contributed by atoms with Crippen molar-refractivity contribution in [3.63, 3.8) is 0 Å². The van der Waals surface area contributed by atoms with E-state index in [4.69, 9.17) is 5.41 Å². The minimum Gasteiger partial charge on any atom is -0.307 e. The third-order valence-electron chi connectivity index (χ3n) is 4.20. The zero-order valence-electron chi connectivity index (χ0n) is 14.8. The Morgan fingerprint density at radius 1 is 1.07 bits per heavy atom. The summed E-state index contributed by atoms with van der Waals surface area (Å²) in [6.07, 6.45) is -1.62. The number of nitrogens with zero attached hydrogens (tertiary/aromatic N) is 1. The smallest absolute Gasteiger partial charge is 0.307 e. The molecule has 2 N–H and O–H groups in total. The van der Waals surface area contributed by atoms with Crippen molar-refractivity contribution in [3.8, 4) is 11.1 Å². The first-order valence-corrected chi connectivity index (χ1v) is 8.35. The van der Waals surface area contributed by atoms with Crippen LogP contribution >= 0.6 is 0 Å². The normalized spacial score (nSPS) is 11.1. The van der Waals surface area contributed by atoms with Gasteiger partial charge in [-0.25, -0.2) is 0 Å². The molecule has 142 valence electrons. The summed E-state index contributed by atoms with van der Waals surface area (Å²) in [4.78, 5) is 16.3. The highest BCUT2D eigenvalue weighted by molar-refractivity contribution is 6.12. The third-order valence-corrected chi connectivity index (χ3v) is 4.20. The van der Waals surface area contributed by atoms with E-state index in [1.165, 1.54) is 24.5 Å². The van der Waals surface area contributed by atoms with Crippen LogP contribution < -0.4 is 5.32 Å². The van der Waals surface area contributed by atoms with Crippen LogP contribution in [0.15, 0.2) is 67.0 Å². The molecule has 1 amide bonds. The van der Waals surface area contributed by atoms with Crippen molar-refractivity contribution < 1.29 is 18.0 Å². The first kappa shape index (κ1) is 19.3. The Balaban J connectivity index is 1.93. The van der Waals surface area contributed by atoms with Crippen molar-refractivity contribution in [2.24, 2.45) is 0 Å². The SMILES string of the molecule is Cc1cnccc1C(=N)NC(=O)c1ccc(-c2ccccc2)c(C(F)(F)F)c1. The van der Waals surface area contributed by atoms with Gasteiger partial charge in [-0.05, 0) is 41.8 Å². The van der Waals surface area contributed by atoms with Gasteiger partial charge in [0.2, 0.25) is 0 Å². The largest absolute Gasteiger partial charge is 0.417 e. The van der Waals surface area contributed by atoms with E-state index in [0.29, 0.717) is 16.7 Å². The number of hydrogen-bond donors (Lipinski definition) is 2. The summed E-state index contributed by atoms with van der Waals surface area (Å²) in [6, 6.07) is 13.1. The van der Waals surface area contributed by atoms with Gasteiger partial charge in [0.1, 0.15) is 5.84 Å². The fourth-order valence-corrected chi connectivity index (χ4v) is 2.80. The number of rotatable bonds is 3. The van der Waals surface area contributed by atoms with Crippen molar-refractivity contribution >= 4 is 11.7 Å². The standard InChI is InChI=1S/C21H16F3N3O/c1-13-12-26-10-9-16(13)19(25)27-20(28)15-7-8-17(14-5-3-2-4-6-14)18(11-15)21(22,23)24/h2-12H,1H3,(H2,25,27,28). The molecule has 2 aromatic carbocycles. The molecule has 0 unspecified atom stereocenters. The topological polar surface area (TPSA) is 65.8 Å². The van der Waals surface area contributed by atoms with Crippen LogP contribution in [0.4, 0.5) is 13.2 Å². The molecule has 0 aliphatic rings. The molecule has 3 rings (SSSR count). The van der Waals surface area contributed by atoms with Crippen LogP contribution in [-0.4, -0.2) is 16.7 Å². The molecule has 0 atom stereocenters. The lowest BCUT2D eigenvalue weighted by molar-refractivity contribution is -0.137. The molecule has 1 heterocycles. The third kappa shape index (κ3) is 4.09. The van der Waals surface area contributed by atoms with Crippen LogP contribution in [0.2, 0.25) is 0 Å². The maximum absolute atomic E-state index is 13.6. The second kappa shape index (κ2) is 7.64. The van der Waals surface area contributed by atoms with Gasteiger partial charge in [-0.2, -0.15) is 13.2 Å². The zero-order valence-corrected chi connectivity index (χ0v) is 14.8. The van der Waals surface area contributed by atoms with Crippen molar-refractivity contribution in [1.82, 2.24) is 10.3 Å². The van der Waals surface area contributed by atoms with E-state index in [9.17, 15) is 18.0 Å². The number of pyridine rings is 1. The lowest BCUT2D eigenvalue weighted by atomic mass is 9.97. The van der Waals surface area contributed by atoms with Gasteiger partial charge in [0.25, 0.3) is 5.91 Å². The number of amidine groups is 1. The number of benzene rings is 2. The predicted molar refractivity (Wildman–Crippen MR) is 100 cm³/mol. The van der Waals surface area contributed by atoms with E-state index >= 15 is 0 Å². The van der Waals surface area contributed by atoms with Crippen LogP contribution in [0, 0.1) is 12.3 Å². The number of alkyl halides is 3. The molecule has 3 aromatic rings. The van der Waals surface area contributed by atoms with E-state index in [1.807, 2.05) is 0 Å². The maximum Gasteiger partial charge on any atom is 0.417 e. The molecule has 1 aromatic heterocycles. The Kier molecular flexibility index (Phi) is 5.26. The summed E-state index contributed by atoms with van der Waals surface area (Å²) in [6.45, 7) is 1.72. The molecule has 0 aliphatic heterocycles. The Hall–Kier alpha value is -3.48. The molecule has 0 saturated heterocycles. The van der Waals surface area contributed by atoms with Gasteiger partial charge in [0, 0.05) is 23.5 Å². The molecular weight excluding hydrogens is 367 g/mol. The lowest BCUT2D eigenvalue weighted by Gasteiger charge is -2.15. The summed E-state index contributed by atoms with van der Waals surface area (Å²) < 4.78 is 40.7. The summed E-state index contributed by atoms with van der Waals surface area (Å²) in [5.41, 5.74) is 0.427. The lowest BCUT2D eigenvalue weighted by Crippen LogP contribution is -2.31. The second-order valence-corrected chi connectivity index (χ2v) is 6.14. The van der Waals surface area contributed by atoms with Crippen molar-refractivity contribution in [1.29, 1.82) is 5.41 Å². The van der Waals surface area contributed by atoms with Crippen LogP contribution in [-0.2, 0) is 6.18 Å². The minimum absolute atomic E-state index is 0.00953. The summed E-state index contributed by atoms with van der Waals surface area (Å²) in [5.74, 6) is -0.989. The molecule has 0 spiro atoms. The number of aromatic nitrogens is 1. The van der Waals surface area contributed by atoms with E-state index in [2.05, 4.69) is 10.3 Å². The van der Waals surface area contributed by atoms with Crippen LogP contribution in [0.5, 0.6) is 0 Å². The van der Waals surface area contributed by atoms with Crippen LogP contribution in [0.25, 0.3) is 11.1 Å². The fourth-order valence-electron chi connectivity index (χ4n) is 2.80. The summed E-state index contributed by atoms with van der Waals surface area (Å²) in [5, 5.41) is 10.4. The number of amides is 1. The highest BCUT2D eigenvalue weighted by Gasteiger charge is 2.34. The number of carbonyl (C=O) groups is 1. The van der Waals surface area contributed by atoms with Gasteiger partial charge in [0.05, 0.1) is 5.56 Å². The first-order chi connectivity index (χ1) is 13.3. The highest BCUT2D eigenvalue weighted by atomic mass is 19.4.